The van der Waals surface area contributed by atoms with Crippen molar-refractivity contribution in [2.24, 2.45) is 0 Å². The topological polar surface area (TPSA) is 9.23 Å². The first kappa shape index (κ1) is 25.2. The number of rotatable bonds is 8. The van der Waals surface area contributed by atoms with Crippen LogP contribution in [0, 0.1) is 5.82 Å². The summed E-state index contributed by atoms with van der Waals surface area (Å²) in [5.74, 6) is 0.693. The summed E-state index contributed by atoms with van der Waals surface area (Å²) in [5, 5.41) is 1.18. The Morgan fingerprint density at radius 2 is 1.33 bits per heavy atom. The molecular formula is C25H35Cl2FOSi. The van der Waals surface area contributed by atoms with Gasteiger partial charge < -0.3 is 4.43 Å². The molecule has 0 aromatic heterocycles. The molecule has 2 aromatic carbocycles. The number of halogens is 3. The van der Waals surface area contributed by atoms with Gasteiger partial charge in [-0.15, -0.1) is 0 Å². The van der Waals surface area contributed by atoms with E-state index in [1.165, 1.54) is 6.07 Å². The molecule has 0 aliphatic rings. The summed E-state index contributed by atoms with van der Waals surface area (Å²) in [7, 11) is -2.09. The fraction of sp³-hybridized carbons (Fsp3) is 0.520. The van der Waals surface area contributed by atoms with E-state index in [1.807, 2.05) is 32.0 Å². The highest BCUT2D eigenvalue weighted by atomic mass is 35.5. The molecule has 0 saturated heterocycles. The van der Waals surface area contributed by atoms with Gasteiger partial charge in [0.15, 0.2) is 0 Å². The Labute approximate surface area is 193 Å². The maximum Gasteiger partial charge on any atom is 0.258 e. The van der Waals surface area contributed by atoms with Gasteiger partial charge in [-0.2, -0.15) is 0 Å². The van der Waals surface area contributed by atoms with E-state index in [1.54, 1.807) is 6.07 Å². The predicted octanol–water partition coefficient (Wildman–Crippen LogP) is 9.40. The highest BCUT2D eigenvalue weighted by Crippen LogP contribution is 2.44. The highest BCUT2D eigenvalue weighted by molar-refractivity contribution is 6.78. The van der Waals surface area contributed by atoms with Crippen LogP contribution >= 0.6 is 23.2 Å². The van der Waals surface area contributed by atoms with Crippen LogP contribution in [0.1, 0.15) is 78.0 Å². The Morgan fingerprint density at radius 1 is 0.833 bits per heavy atom. The van der Waals surface area contributed by atoms with Gasteiger partial charge in [0.1, 0.15) is 11.6 Å². The third-order valence-electron chi connectivity index (χ3n) is 6.18. The zero-order valence-corrected chi connectivity index (χ0v) is 22.0. The van der Waals surface area contributed by atoms with Crippen LogP contribution in [-0.4, -0.2) is 8.32 Å². The Balaban J connectivity index is 2.39. The van der Waals surface area contributed by atoms with Crippen LogP contribution in [0.15, 0.2) is 30.3 Å². The van der Waals surface area contributed by atoms with Gasteiger partial charge in [-0.3, -0.25) is 0 Å². The van der Waals surface area contributed by atoms with Gasteiger partial charge >= 0.3 is 0 Å². The second kappa shape index (κ2) is 10.1. The van der Waals surface area contributed by atoms with Gasteiger partial charge in [-0.25, -0.2) is 4.39 Å². The lowest BCUT2D eigenvalue weighted by atomic mass is 9.97. The average Bonchev–Trinajstić information content (AvgIpc) is 2.62. The van der Waals surface area contributed by atoms with Crippen molar-refractivity contribution in [3.63, 3.8) is 0 Å². The van der Waals surface area contributed by atoms with Crippen molar-refractivity contribution in [1.82, 2.24) is 0 Å². The summed E-state index contributed by atoms with van der Waals surface area (Å²) < 4.78 is 20.8. The summed E-state index contributed by atoms with van der Waals surface area (Å²) in [6, 6.07) is 9.02. The zero-order chi connectivity index (χ0) is 22.8. The number of hydrogen-bond acceptors (Lipinski definition) is 1. The van der Waals surface area contributed by atoms with E-state index >= 15 is 0 Å². The molecule has 0 amide bonds. The molecule has 0 heterocycles. The first-order chi connectivity index (χ1) is 13.9. The minimum Gasteiger partial charge on any atom is -0.543 e. The van der Waals surface area contributed by atoms with E-state index in [0.717, 1.165) is 16.9 Å². The molecule has 2 aromatic rings. The molecule has 0 bridgehead atoms. The van der Waals surface area contributed by atoms with Crippen molar-refractivity contribution < 1.29 is 8.82 Å². The van der Waals surface area contributed by atoms with Gasteiger partial charge in [-0.05, 0) is 57.4 Å². The highest BCUT2D eigenvalue weighted by Gasteiger charge is 2.47. The largest absolute Gasteiger partial charge is 0.543 e. The Hall–Kier alpha value is -1.03. The van der Waals surface area contributed by atoms with E-state index in [4.69, 9.17) is 27.6 Å². The molecule has 0 unspecified atom stereocenters. The van der Waals surface area contributed by atoms with Crippen LogP contribution < -0.4 is 4.43 Å². The maximum absolute atomic E-state index is 14.1. The van der Waals surface area contributed by atoms with Crippen LogP contribution in [-0.2, 0) is 6.42 Å². The van der Waals surface area contributed by atoms with E-state index in [2.05, 4.69) is 41.5 Å². The molecule has 30 heavy (non-hydrogen) atoms. The van der Waals surface area contributed by atoms with Crippen molar-refractivity contribution in [3.05, 3.63) is 62.9 Å². The van der Waals surface area contributed by atoms with Gasteiger partial charge in [0.05, 0.1) is 0 Å². The molecule has 0 radical (unpaired) electrons. The second-order valence-corrected chi connectivity index (χ2v) is 15.7. The van der Waals surface area contributed by atoms with Crippen LogP contribution in [0.25, 0.3) is 0 Å². The Bertz CT molecular complexity index is 833. The monoisotopic (exact) mass is 468 g/mol. The van der Waals surface area contributed by atoms with Gasteiger partial charge in [0.25, 0.3) is 8.32 Å². The summed E-state index contributed by atoms with van der Waals surface area (Å²) in [6.07, 6.45) is 0.555. The summed E-state index contributed by atoms with van der Waals surface area (Å²) >= 11 is 13.3. The van der Waals surface area contributed by atoms with Gasteiger partial charge in [-0.1, -0.05) is 90.7 Å². The van der Waals surface area contributed by atoms with Crippen molar-refractivity contribution in [2.75, 3.05) is 0 Å². The Kier molecular flexibility index (Phi) is 8.46. The number of benzene rings is 2. The SMILES string of the molecule is CC(C)c1cc(Cc2c(Cl)cc(O[Si](C(C)C)(C(C)C)C(C)C)cc2Cl)ccc1F. The lowest BCUT2D eigenvalue weighted by Gasteiger charge is -2.42. The third kappa shape index (κ3) is 5.23. The van der Waals surface area contributed by atoms with Crippen LogP contribution in [0.4, 0.5) is 4.39 Å². The van der Waals surface area contributed by atoms with E-state index in [9.17, 15) is 4.39 Å². The van der Waals surface area contributed by atoms with Gasteiger partial charge in [0.2, 0.25) is 0 Å². The molecule has 166 valence electrons. The van der Waals surface area contributed by atoms with E-state index in [0.29, 0.717) is 38.7 Å². The van der Waals surface area contributed by atoms with E-state index in [-0.39, 0.29) is 11.7 Å². The molecule has 0 aliphatic carbocycles. The molecule has 0 aliphatic heterocycles. The quantitative estimate of drug-likeness (QED) is 0.350. The lowest BCUT2D eigenvalue weighted by molar-refractivity contribution is 0.479. The van der Waals surface area contributed by atoms with Crippen molar-refractivity contribution in [2.45, 2.75) is 84.4 Å². The van der Waals surface area contributed by atoms with E-state index < -0.39 is 8.32 Å². The summed E-state index contributed by atoms with van der Waals surface area (Å²) in [5.41, 5.74) is 3.93. The first-order valence-electron chi connectivity index (χ1n) is 10.8. The first-order valence-corrected chi connectivity index (χ1v) is 13.7. The lowest BCUT2D eigenvalue weighted by Crippen LogP contribution is -2.50. The normalized spacial score (nSPS) is 12.5. The fourth-order valence-electron chi connectivity index (χ4n) is 4.71. The smallest absolute Gasteiger partial charge is 0.258 e. The summed E-state index contributed by atoms with van der Waals surface area (Å²) in [6.45, 7) is 17.5. The zero-order valence-electron chi connectivity index (χ0n) is 19.4. The molecule has 0 fully saturated rings. The third-order valence-corrected chi connectivity index (χ3v) is 12.9. The average molecular weight is 470 g/mol. The van der Waals surface area contributed by atoms with Crippen LogP contribution in [0.2, 0.25) is 26.7 Å². The number of hydrogen-bond donors (Lipinski definition) is 0. The van der Waals surface area contributed by atoms with Crippen molar-refractivity contribution >= 4 is 31.5 Å². The molecule has 0 N–H and O–H groups in total. The van der Waals surface area contributed by atoms with Crippen LogP contribution in [0.3, 0.4) is 0 Å². The summed E-state index contributed by atoms with van der Waals surface area (Å²) in [4.78, 5) is 0. The standard InChI is InChI=1S/C25H35Cl2FOSi/c1-15(2)21-11-19(9-10-25(21)28)12-22-23(26)13-20(14-24(22)27)29-30(16(3)4,17(5)6)18(7)8/h9-11,13-18H,12H2,1-8H3. The molecule has 0 spiro atoms. The predicted molar refractivity (Wildman–Crippen MR) is 131 cm³/mol. The second-order valence-electron chi connectivity index (χ2n) is 9.47. The molecule has 1 nitrogen and oxygen atoms in total. The van der Waals surface area contributed by atoms with Crippen molar-refractivity contribution in [3.8, 4) is 5.75 Å². The van der Waals surface area contributed by atoms with Crippen molar-refractivity contribution in [1.29, 1.82) is 0 Å². The molecule has 0 saturated carbocycles. The fourth-order valence-corrected chi connectivity index (χ4v) is 10.5. The molecule has 2 rings (SSSR count). The maximum atomic E-state index is 14.1. The Morgan fingerprint density at radius 3 is 1.77 bits per heavy atom. The minimum atomic E-state index is -2.09. The molecule has 0 atom stereocenters. The minimum absolute atomic E-state index is 0.118. The molecule has 5 heteroatoms. The van der Waals surface area contributed by atoms with Gasteiger partial charge in [0, 0.05) is 16.5 Å². The molecular weight excluding hydrogens is 434 g/mol. The van der Waals surface area contributed by atoms with Crippen LogP contribution in [0.5, 0.6) is 5.75 Å².